The number of benzene rings is 1. The molecule has 0 unspecified atom stereocenters. The maximum absolute atomic E-state index is 12.7. The molecule has 1 fully saturated rings. The van der Waals surface area contributed by atoms with Crippen LogP contribution in [0.2, 0.25) is 0 Å². The fraction of sp³-hybridized carbons (Fsp3) is 0.364. The van der Waals surface area contributed by atoms with E-state index in [-0.39, 0.29) is 29.8 Å². The zero-order valence-corrected chi connectivity index (χ0v) is 9.19. The molecule has 0 amide bonds. The molecule has 18 heavy (non-hydrogen) atoms. The molecule has 0 aromatic heterocycles. The highest BCUT2D eigenvalue weighted by molar-refractivity contribution is 5.65. The second kappa shape index (κ2) is 4.22. The first-order valence-electron chi connectivity index (χ1n) is 5.24. The van der Waals surface area contributed by atoms with E-state index in [1.165, 1.54) is 18.2 Å². The molecule has 1 aliphatic carbocycles. The van der Waals surface area contributed by atoms with Crippen molar-refractivity contribution in [1.29, 1.82) is 5.26 Å². The van der Waals surface area contributed by atoms with Crippen molar-refractivity contribution in [3.8, 4) is 6.07 Å². The molecule has 1 saturated carbocycles. The number of nitrogens with one attached hydrogen (secondary N) is 1. The van der Waals surface area contributed by atoms with E-state index in [2.05, 4.69) is 5.32 Å². The maximum atomic E-state index is 12.7. The molecule has 0 atom stereocenters. The van der Waals surface area contributed by atoms with E-state index in [4.69, 9.17) is 5.26 Å². The zero-order valence-electron chi connectivity index (χ0n) is 9.19. The second-order valence-corrected chi connectivity index (χ2v) is 4.21. The third-order valence-corrected chi connectivity index (χ3v) is 2.77. The number of hydrogen-bond acceptors (Lipinski definition) is 4. The fourth-order valence-electron chi connectivity index (χ4n) is 1.86. The van der Waals surface area contributed by atoms with Crippen molar-refractivity contribution in [3.05, 3.63) is 33.9 Å². The van der Waals surface area contributed by atoms with Crippen LogP contribution in [0.5, 0.6) is 0 Å². The molecule has 2 rings (SSSR count). The molecule has 7 heteroatoms. The Morgan fingerprint density at radius 2 is 2.17 bits per heavy atom. The van der Waals surface area contributed by atoms with Gasteiger partial charge in [0, 0.05) is 24.9 Å². The Kier molecular flexibility index (Phi) is 2.87. The minimum atomic E-state index is -2.70. The molecule has 1 aromatic carbocycles. The number of nitro benzene ring substituents is 1. The first-order valence-corrected chi connectivity index (χ1v) is 5.24. The van der Waals surface area contributed by atoms with E-state index in [0.717, 1.165) is 0 Å². The highest BCUT2D eigenvalue weighted by Gasteiger charge is 2.45. The van der Waals surface area contributed by atoms with Crippen LogP contribution in [-0.4, -0.2) is 16.9 Å². The smallest absolute Gasteiger partial charge is 0.292 e. The molecule has 0 aliphatic heterocycles. The van der Waals surface area contributed by atoms with Gasteiger partial charge in [0.05, 0.1) is 16.6 Å². The Balaban J connectivity index is 2.20. The largest absolute Gasteiger partial charge is 0.376 e. The van der Waals surface area contributed by atoms with Crippen molar-refractivity contribution in [3.63, 3.8) is 0 Å². The summed E-state index contributed by atoms with van der Waals surface area (Å²) < 4.78 is 25.3. The van der Waals surface area contributed by atoms with Crippen LogP contribution in [0.15, 0.2) is 18.2 Å². The summed E-state index contributed by atoms with van der Waals surface area (Å²) in [4.78, 5) is 10.2. The summed E-state index contributed by atoms with van der Waals surface area (Å²) in [6.45, 7) is 0. The minimum absolute atomic E-state index is 0.111. The van der Waals surface area contributed by atoms with Crippen LogP contribution in [0, 0.1) is 21.4 Å². The Bertz CT molecular complexity index is 532. The van der Waals surface area contributed by atoms with Gasteiger partial charge in [-0.3, -0.25) is 10.1 Å². The molecule has 1 aliphatic rings. The summed E-state index contributed by atoms with van der Waals surface area (Å²) in [5, 5.41) is 22.2. The maximum Gasteiger partial charge on any atom is 0.292 e. The molecular formula is C11H9F2N3O2. The Morgan fingerprint density at radius 1 is 1.50 bits per heavy atom. The summed E-state index contributed by atoms with van der Waals surface area (Å²) in [6, 6.07) is 5.17. The van der Waals surface area contributed by atoms with E-state index >= 15 is 0 Å². The predicted molar refractivity (Wildman–Crippen MR) is 59.4 cm³/mol. The molecule has 94 valence electrons. The van der Waals surface area contributed by atoms with Crippen LogP contribution in [0.4, 0.5) is 20.2 Å². The highest BCUT2D eigenvalue weighted by atomic mass is 19.3. The molecule has 0 saturated heterocycles. The van der Waals surface area contributed by atoms with E-state index in [9.17, 15) is 18.9 Å². The lowest BCUT2D eigenvalue weighted by molar-refractivity contribution is -0.384. The van der Waals surface area contributed by atoms with Crippen LogP contribution in [-0.2, 0) is 0 Å². The third kappa shape index (κ3) is 2.37. The standard InChI is InChI=1S/C11H9F2N3O2/c12-11(13)4-8(5-11)15-9-3-7(6-14)1-2-10(9)16(17)18/h1-3,8,15H,4-5H2. The first kappa shape index (κ1) is 12.2. The van der Waals surface area contributed by atoms with Crippen molar-refractivity contribution in [2.75, 3.05) is 5.32 Å². The number of nitro groups is 1. The number of alkyl halides is 2. The van der Waals surface area contributed by atoms with Crippen molar-refractivity contribution in [2.24, 2.45) is 0 Å². The second-order valence-electron chi connectivity index (χ2n) is 4.21. The summed E-state index contributed by atoms with van der Waals surface area (Å²) >= 11 is 0. The van der Waals surface area contributed by atoms with Crippen LogP contribution in [0.1, 0.15) is 18.4 Å². The van der Waals surface area contributed by atoms with Gasteiger partial charge in [0.15, 0.2) is 0 Å². The predicted octanol–water partition coefficient (Wildman–Crippen LogP) is 2.68. The van der Waals surface area contributed by atoms with E-state index in [0.29, 0.717) is 0 Å². The minimum Gasteiger partial charge on any atom is -0.376 e. The Labute approximate surface area is 101 Å². The monoisotopic (exact) mass is 253 g/mol. The zero-order chi connectivity index (χ0) is 13.3. The van der Waals surface area contributed by atoms with Crippen molar-refractivity contribution in [2.45, 2.75) is 24.8 Å². The van der Waals surface area contributed by atoms with Gasteiger partial charge in [-0.25, -0.2) is 8.78 Å². The van der Waals surface area contributed by atoms with Gasteiger partial charge in [0.25, 0.3) is 11.6 Å². The number of hydrogen-bond donors (Lipinski definition) is 1. The van der Waals surface area contributed by atoms with E-state index < -0.39 is 16.9 Å². The van der Waals surface area contributed by atoms with Gasteiger partial charge < -0.3 is 5.32 Å². The lowest BCUT2D eigenvalue weighted by atomic mass is 9.88. The van der Waals surface area contributed by atoms with Crippen LogP contribution >= 0.6 is 0 Å². The molecule has 0 bridgehead atoms. The number of halogens is 2. The van der Waals surface area contributed by atoms with Crippen molar-refractivity contribution in [1.82, 2.24) is 0 Å². The SMILES string of the molecule is N#Cc1ccc([N+](=O)[O-])c(NC2CC(F)(F)C2)c1. The molecule has 1 N–H and O–H groups in total. The number of anilines is 1. The van der Waals surface area contributed by atoms with Gasteiger partial charge in [0.1, 0.15) is 5.69 Å². The van der Waals surface area contributed by atoms with Crippen LogP contribution in [0.3, 0.4) is 0 Å². The molecule has 1 aromatic rings. The van der Waals surface area contributed by atoms with Gasteiger partial charge in [0.2, 0.25) is 0 Å². The van der Waals surface area contributed by atoms with Crippen molar-refractivity contribution < 1.29 is 13.7 Å². The van der Waals surface area contributed by atoms with E-state index in [1.807, 2.05) is 6.07 Å². The summed E-state index contributed by atoms with van der Waals surface area (Å²) in [6.07, 6.45) is -0.693. The van der Waals surface area contributed by atoms with Crippen LogP contribution in [0.25, 0.3) is 0 Å². The molecule has 0 heterocycles. The Hall–Kier alpha value is -2.23. The topological polar surface area (TPSA) is 79.0 Å². The van der Waals surface area contributed by atoms with Crippen molar-refractivity contribution >= 4 is 11.4 Å². The third-order valence-electron chi connectivity index (χ3n) is 2.77. The van der Waals surface area contributed by atoms with Gasteiger partial charge in [-0.05, 0) is 12.1 Å². The average molecular weight is 253 g/mol. The van der Waals surface area contributed by atoms with Crippen LogP contribution < -0.4 is 5.32 Å². The molecule has 5 nitrogen and oxygen atoms in total. The molecule has 0 radical (unpaired) electrons. The lowest BCUT2D eigenvalue weighted by Crippen LogP contribution is -2.44. The van der Waals surface area contributed by atoms with Gasteiger partial charge in [-0.1, -0.05) is 0 Å². The number of rotatable bonds is 3. The molecular weight excluding hydrogens is 244 g/mol. The summed E-state index contributed by atoms with van der Waals surface area (Å²) in [5.41, 5.74) is 0.137. The molecule has 0 spiro atoms. The van der Waals surface area contributed by atoms with Gasteiger partial charge in [-0.2, -0.15) is 5.26 Å². The quantitative estimate of drug-likeness (QED) is 0.663. The highest BCUT2D eigenvalue weighted by Crippen LogP contribution is 2.40. The summed E-state index contributed by atoms with van der Waals surface area (Å²) in [5.74, 6) is -2.70. The lowest BCUT2D eigenvalue weighted by Gasteiger charge is -2.35. The average Bonchev–Trinajstić information content (AvgIpc) is 2.26. The normalized spacial score (nSPS) is 17.6. The summed E-state index contributed by atoms with van der Waals surface area (Å²) in [7, 11) is 0. The number of nitrogens with zero attached hydrogens (tertiary/aromatic N) is 2. The first-order chi connectivity index (χ1) is 8.41. The Morgan fingerprint density at radius 3 is 2.67 bits per heavy atom. The fourth-order valence-corrected chi connectivity index (χ4v) is 1.86. The van der Waals surface area contributed by atoms with E-state index in [1.54, 1.807) is 0 Å². The number of nitriles is 1. The van der Waals surface area contributed by atoms with Gasteiger partial charge >= 0.3 is 0 Å². The van der Waals surface area contributed by atoms with Gasteiger partial charge in [-0.15, -0.1) is 0 Å².